The third-order valence-corrected chi connectivity index (χ3v) is 4.42. The van der Waals surface area contributed by atoms with Crippen LogP contribution in [-0.2, 0) is 0 Å². The standard InChI is InChI=1S/C25H18O/c1-26-23-17-12-19(13-18-23)11-14-22-16-15-20-7-5-6-10-24(20)25(22)21-8-3-2-4-9-21/h2-10,12-13,15-18H,1H3. The lowest BCUT2D eigenvalue weighted by atomic mass is 9.93. The average molecular weight is 334 g/mol. The topological polar surface area (TPSA) is 9.23 Å². The van der Waals surface area contributed by atoms with E-state index in [2.05, 4.69) is 72.5 Å². The summed E-state index contributed by atoms with van der Waals surface area (Å²) in [6, 6.07) is 31.0. The molecule has 0 saturated carbocycles. The van der Waals surface area contributed by atoms with Crippen LogP contribution in [0.25, 0.3) is 21.9 Å². The first kappa shape index (κ1) is 16.0. The molecule has 4 aromatic rings. The highest BCUT2D eigenvalue weighted by Crippen LogP contribution is 2.31. The Hall–Kier alpha value is -3.50. The SMILES string of the molecule is COc1ccc(C#Cc2ccc3ccccc3c2-c2ccccc2)cc1. The van der Waals surface area contributed by atoms with Crippen LogP contribution < -0.4 is 4.74 Å². The van der Waals surface area contributed by atoms with Crippen LogP contribution in [0.15, 0.2) is 91.0 Å². The van der Waals surface area contributed by atoms with E-state index in [4.69, 9.17) is 4.74 Å². The third-order valence-electron chi connectivity index (χ3n) is 4.42. The number of fused-ring (bicyclic) bond motifs is 1. The second kappa shape index (κ2) is 7.17. The predicted molar refractivity (Wildman–Crippen MR) is 108 cm³/mol. The highest BCUT2D eigenvalue weighted by molar-refractivity contribution is 5.99. The normalized spacial score (nSPS) is 10.2. The molecule has 0 aliphatic carbocycles. The molecular formula is C25H18O. The highest BCUT2D eigenvalue weighted by Gasteiger charge is 2.08. The number of ether oxygens (including phenoxy) is 1. The van der Waals surface area contributed by atoms with E-state index in [9.17, 15) is 0 Å². The fourth-order valence-corrected chi connectivity index (χ4v) is 3.11. The van der Waals surface area contributed by atoms with Gasteiger partial charge >= 0.3 is 0 Å². The molecule has 4 aromatic carbocycles. The summed E-state index contributed by atoms with van der Waals surface area (Å²) < 4.78 is 5.21. The van der Waals surface area contributed by atoms with Crippen LogP contribution in [0.3, 0.4) is 0 Å². The van der Waals surface area contributed by atoms with Gasteiger partial charge in [0.15, 0.2) is 0 Å². The quantitative estimate of drug-likeness (QED) is 0.414. The Labute approximate surface area is 153 Å². The van der Waals surface area contributed by atoms with Crippen molar-refractivity contribution in [2.75, 3.05) is 7.11 Å². The van der Waals surface area contributed by atoms with E-state index in [0.717, 1.165) is 16.9 Å². The van der Waals surface area contributed by atoms with E-state index >= 15 is 0 Å². The molecule has 0 fully saturated rings. The van der Waals surface area contributed by atoms with Gasteiger partial charge in [0.1, 0.15) is 5.75 Å². The maximum absolute atomic E-state index is 5.21. The molecule has 0 spiro atoms. The maximum Gasteiger partial charge on any atom is 0.118 e. The fourth-order valence-electron chi connectivity index (χ4n) is 3.11. The van der Waals surface area contributed by atoms with E-state index in [0.29, 0.717) is 0 Å². The van der Waals surface area contributed by atoms with Crippen LogP contribution in [0.2, 0.25) is 0 Å². The lowest BCUT2D eigenvalue weighted by Crippen LogP contribution is -1.88. The number of rotatable bonds is 2. The van der Waals surface area contributed by atoms with Gasteiger partial charge in [0.25, 0.3) is 0 Å². The molecule has 0 aliphatic heterocycles. The van der Waals surface area contributed by atoms with Gasteiger partial charge in [-0.2, -0.15) is 0 Å². The molecule has 124 valence electrons. The molecule has 0 radical (unpaired) electrons. The molecule has 0 bridgehead atoms. The molecule has 0 N–H and O–H groups in total. The lowest BCUT2D eigenvalue weighted by Gasteiger charge is -2.10. The van der Waals surface area contributed by atoms with Gasteiger partial charge in [0, 0.05) is 16.7 Å². The zero-order valence-electron chi connectivity index (χ0n) is 14.6. The molecule has 1 heteroatoms. The van der Waals surface area contributed by atoms with Gasteiger partial charge in [-0.1, -0.05) is 72.5 Å². The first-order valence-electron chi connectivity index (χ1n) is 8.58. The Kier molecular flexibility index (Phi) is 4.41. The molecule has 4 rings (SSSR count). The summed E-state index contributed by atoms with van der Waals surface area (Å²) in [5.41, 5.74) is 4.37. The molecule has 0 saturated heterocycles. The fraction of sp³-hybridized carbons (Fsp3) is 0.0400. The molecule has 1 nitrogen and oxygen atoms in total. The zero-order valence-corrected chi connectivity index (χ0v) is 14.6. The summed E-state index contributed by atoms with van der Waals surface area (Å²) >= 11 is 0. The van der Waals surface area contributed by atoms with Crippen molar-refractivity contribution >= 4 is 10.8 Å². The van der Waals surface area contributed by atoms with Crippen molar-refractivity contribution in [1.29, 1.82) is 0 Å². The summed E-state index contributed by atoms with van der Waals surface area (Å²) in [5, 5.41) is 2.45. The summed E-state index contributed by atoms with van der Waals surface area (Å²) in [7, 11) is 1.67. The van der Waals surface area contributed by atoms with Crippen molar-refractivity contribution in [2.45, 2.75) is 0 Å². The Morgan fingerprint density at radius 1 is 0.654 bits per heavy atom. The van der Waals surface area contributed by atoms with E-state index in [1.165, 1.54) is 21.9 Å². The van der Waals surface area contributed by atoms with Crippen LogP contribution >= 0.6 is 0 Å². The molecule has 0 aliphatic rings. The van der Waals surface area contributed by atoms with E-state index in [-0.39, 0.29) is 0 Å². The summed E-state index contributed by atoms with van der Waals surface area (Å²) in [6.45, 7) is 0. The van der Waals surface area contributed by atoms with Crippen molar-refractivity contribution in [3.8, 4) is 28.7 Å². The smallest absolute Gasteiger partial charge is 0.118 e. The van der Waals surface area contributed by atoms with Gasteiger partial charge in [0.05, 0.1) is 7.11 Å². The van der Waals surface area contributed by atoms with Crippen LogP contribution in [0.4, 0.5) is 0 Å². The number of benzene rings is 4. The number of methoxy groups -OCH3 is 1. The Balaban J connectivity index is 1.86. The van der Waals surface area contributed by atoms with E-state index in [1.54, 1.807) is 7.11 Å². The molecule has 0 aromatic heterocycles. The van der Waals surface area contributed by atoms with E-state index in [1.807, 2.05) is 30.3 Å². The molecular weight excluding hydrogens is 316 g/mol. The summed E-state index contributed by atoms with van der Waals surface area (Å²) in [6.07, 6.45) is 0. The minimum absolute atomic E-state index is 0.839. The van der Waals surface area contributed by atoms with Crippen LogP contribution in [0.1, 0.15) is 11.1 Å². The monoisotopic (exact) mass is 334 g/mol. The number of hydrogen-bond acceptors (Lipinski definition) is 1. The van der Waals surface area contributed by atoms with Crippen molar-refractivity contribution in [3.63, 3.8) is 0 Å². The van der Waals surface area contributed by atoms with Gasteiger partial charge in [-0.05, 0) is 46.7 Å². The molecule has 0 amide bonds. The second-order valence-corrected chi connectivity index (χ2v) is 6.05. The third kappa shape index (κ3) is 3.18. The molecule has 0 unspecified atom stereocenters. The summed E-state index contributed by atoms with van der Waals surface area (Å²) in [5.74, 6) is 7.49. The lowest BCUT2D eigenvalue weighted by molar-refractivity contribution is 0.415. The minimum atomic E-state index is 0.839. The predicted octanol–water partition coefficient (Wildman–Crippen LogP) is 5.92. The Morgan fingerprint density at radius 2 is 1.38 bits per heavy atom. The first-order valence-corrected chi connectivity index (χ1v) is 8.58. The Bertz CT molecular complexity index is 1100. The van der Waals surface area contributed by atoms with Gasteiger partial charge in [-0.25, -0.2) is 0 Å². The maximum atomic E-state index is 5.21. The zero-order chi connectivity index (χ0) is 17.8. The van der Waals surface area contributed by atoms with E-state index < -0.39 is 0 Å². The van der Waals surface area contributed by atoms with Crippen LogP contribution in [-0.4, -0.2) is 7.11 Å². The van der Waals surface area contributed by atoms with Crippen molar-refractivity contribution in [1.82, 2.24) is 0 Å². The van der Waals surface area contributed by atoms with Gasteiger partial charge < -0.3 is 4.74 Å². The number of hydrogen-bond donors (Lipinski definition) is 0. The average Bonchev–Trinajstić information content (AvgIpc) is 2.72. The van der Waals surface area contributed by atoms with Gasteiger partial charge in [-0.15, -0.1) is 0 Å². The molecule has 0 heterocycles. The second-order valence-electron chi connectivity index (χ2n) is 6.05. The van der Waals surface area contributed by atoms with Crippen molar-refractivity contribution < 1.29 is 4.74 Å². The largest absolute Gasteiger partial charge is 0.497 e. The first-order chi connectivity index (χ1) is 12.8. The highest BCUT2D eigenvalue weighted by atomic mass is 16.5. The molecule has 0 atom stereocenters. The van der Waals surface area contributed by atoms with Crippen molar-refractivity contribution in [3.05, 3.63) is 102 Å². The van der Waals surface area contributed by atoms with Gasteiger partial charge in [0.2, 0.25) is 0 Å². The van der Waals surface area contributed by atoms with Crippen LogP contribution in [0, 0.1) is 11.8 Å². The van der Waals surface area contributed by atoms with Crippen LogP contribution in [0.5, 0.6) is 5.75 Å². The Morgan fingerprint density at radius 3 is 2.15 bits per heavy atom. The van der Waals surface area contributed by atoms with Crippen molar-refractivity contribution in [2.24, 2.45) is 0 Å². The minimum Gasteiger partial charge on any atom is -0.497 e. The van der Waals surface area contributed by atoms with Gasteiger partial charge in [-0.3, -0.25) is 0 Å². The summed E-state index contributed by atoms with van der Waals surface area (Å²) in [4.78, 5) is 0. The molecule has 26 heavy (non-hydrogen) atoms.